The highest BCUT2D eigenvalue weighted by Crippen LogP contribution is 2.31. The minimum atomic E-state index is 0.0675. The second-order valence-electron chi connectivity index (χ2n) is 5.18. The van der Waals surface area contributed by atoms with E-state index in [0.717, 1.165) is 28.4 Å². The van der Waals surface area contributed by atoms with Crippen LogP contribution < -0.4 is 15.4 Å². The van der Waals surface area contributed by atoms with Crippen LogP contribution >= 0.6 is 0 Å². The molecule has 5 nitrogen and oxygen atoms in total. The van der Waals surface area contributed by atoms with Gasteiger partial charge in [0.15, 0.2) is 0 Å². The van der Waals surface area contributed by atoms with Gasteiger partial charge in [-0.15, -0.1) is 0 Å². The number of amides is 1. The molecule has 2 N–H and O–H groups in total. The molecule has 0 unspecified atom stereocenters. The Bertz CT molecular complexity index is 713. The number of aromatic nitrogens is 1. The molecule has 1 aromatic carbocycles. The number of benzene rings is 1. The van der Waals surface area contributed by atoms with E-state index in [2.05, 4.69) is 4.98 Å². The number of pyridine rings is 1. The summed E-state index contributed by atoms with van der Waals surface area (Å²) in [6, 6.07) is 9.29. The first-order valence-corrected chi connectivity index (χ1v) is 6.77. The van der Waals surface area contributed by atoms with Gasteiger partial charge in [0.2, 0.25) is 5.91 Å². The number of carbonyl (C=O) groups is 1. The number of hydrogen-bond acceptors (Lipinski definition) is 4. The molecule has 1 aromatic heterocycles. The predicted molar refractivity (Wildman–Crippen MR) is 81.3 cm³/mol. The number of carbonyl (C=O) groups excluding carboxylic acids is 1. The third-order valence-corrected chi connectivity index (χ3v) is 3.57. The summed E-state index contributed by atoms with van der Waals surface area (Å²) in [4.78, 5) is 18.4. The van der Waals surface area contributed by atoms with Crippen LogP contribution in [0.15, 0.2) is 30.3 Å². The SMILES string of the molecule is COc1cc(C)nc(CN2C(=O)Cc3cc(N)ccc32)c1. The number of ether oxygens (including phenoxy) is 1. The largest absolute Gasteiger partial charge is 0.497 e. The van der Waals surface area contributed by atoms with Crippen molar-refractivity contribution >= 4 is 17.3 Å². The molecule has 0 saturated heterocycles. The molecule has 0 radical (unpaired) electrons. The monoisotopic (exact) mass is 283 g/mol. The average molecular weight is 283 g/mol. The summed E-state index contributed by atoms with van der Waals surface area (Å²) in [5, 5.41) is 0. The molecule has 0 bridgehead atoms. The lowest BCUT2D eigenvalue weighted by Crippen LogP contribution is -2.26. The van der Waals surface area contributed by atoms with Gasteiger partial charge in [-0.05, 0) is 30.7 Å². The van der Waals surface area contributed by atoms with E-state index in [4.69, 9.17) is 10.5 Å². The normalized spacial score (nSPS) is 13.4. The van der Waals surface area contributed by atoms with Crippen molar-refractivity contribution in [3.05, 3.63) is 47.3 Å². The topological polar surface area (TPSA) is 68.5 Å². The zero-order chi connectivity index (χ0) is 15.0. The van der Waals surface area contributed by atoms with Gasteiger partial charge < -0.3 is 15.4 Å². The average Bonchev–Trinajstić information content (AvgIpc) is 2.73. The molecule has 0 fully saturated rings. The van der Waals surface area contributed by atoms with Crippen LogP contribution in [0.5, 0.6) is 5.75 Å². The van der Waals surface area contributed by atoms with Gasteiger partial charge in [0.1, 0.15) is 5.75 Å². The molecule has 0 saturated carbocycles. The number of rotatable bonds is 3. The van der Waals surface area contributed by atoms with Gasteiger partial charge >= 0.3 is 0 Å². The lowest BCUT2D eigenvalue weighted by molar-refractivity contribution is -0.117. The van der Waals surface area contributed by atoms with Gasteiger partial charge in [0.05, 0.1) is 25.8 Å². The van der Waals surface area contributed by atoms with Crippen molar-refractivity contribution in [1.82, 2.24) is 4.98 Å². The first-order valence-electron chi connectivity index (χ1n) is 6.77. The molecular formula is C16H17N3O2. The van der Waals surface area contributed by atoms with Crippen LogP contribution in [0, 0.1) is 6.92 Å². The van der Waals surface area contributed by atoms with Crippen LogP contribution in [0.2, 0.25) is 0 Å². The fourth-order valence-corrected chi connectivity index (χ4v) is 2.64. The molecular weight excluding hydrogens is 266 g/mol. The quantitative estimate of drug-likeness (QED) is 0.876. The summed E-state index contributed by atoms with van der Waals surface area (Å²) in [7, 11) is 1.62. The van der Waals surface area contributed by atoms with E-state index < -0.39 is 0 Å². The van der Waals surface area contributed by atoms with Crippen LogP contribution in [-0.4, -0.2) is 18.0 Å². The Morgan fingerprint density at radius 3 is 2.90 bits per heavy atom. The van der Waals surface area contributed by atoms with Crippen molar-refractivity contribution < 1.29 is 9.53 Å². The Morgan fingerprint density at radius 2 is 2.14 bits per heavy atom. The summed E-state index contributed by atoms with van der Waals surface area (Å²) in [6.45, 7) is 2.35. The highest BCUT2D eigenvalue weighted by molar-refractivity contribution is 6.01. The molecule has 1 aliphatic heterocycles. The lowest BCUT2D eigenvalue weighted by Gasteiger charge is -2.18. The van der Waals surface area contributed by atoms with Crippen LogP contribution in [0.3, 0.4) is 0 Å². The Balaban J connectivity index is 1.92. The van der Waals surface area contributed by atoms with Crippen LogP contribution in [0.4, 0.5) is 11.4 Å². The molecule has 0 atom stereocenters. The second kappa shape index (κ2) is 5.09. The molecule has 21 heavy (non-hydrogen) atoms. The Kier molecular flexibility index (Phi) is 3.25. The van der Waals surface area contributed by atoms with Gasteiger partial charge in [0, 0.05) is 29.2 Å². The summed E-state index contributed by atoms with van der Waals surface area (Å²) in [5.74, 6) is 0.819. The third-order valence-electron chi connectivity index (χ3n) is 3.57. The maximum absolute atomic E-state index is 12.2. The molecule has 0 aliphatic carbocycles. The fraction of sp³-hybridized carbons (Fsp3) is 0.250. The zero-order valence-corrected chi connectivity index (χ0v) is 12.1. The van der Waals surface area contributed by atoms with Gasteiger partial charge in [-0.3, -0.25) is 9.78 Å². The summed E-state index contributed by atoms with van der Waals surface area (Å²) in [5.41, 5.74) is 10.0. The number of nitrogen functional groups attached to an aromatic ring is 1. The van der Waals surface area contributed by atoms with Crippen molar-refractivity contribution in [3.63, 3.8) is 0 Å². The van der Waals surface area contributed by atoms with E-state index in [1.807, 2.05) is 37.3 Å². The smallest absolute Gasteiger partial charge is 0.231 e. The number of hydrogen-bond donors (Lipinski definition) is 1. The molecule has 108 valence electrons. The number of fused-ring (bicyclic) bond motifs is 1. The standard InChI is InChI=1S/C16H17N3O2/c1-10-5-14(21-2)8-13(18-10)9-19-15-4-3-12(17)6-11(15)7-16(19)20/h3-6,8H,7,9,17H2,1-2H3. The Labute approximate surface area is 123 Å². The maximum Gasteiger partial charge on any atom is 0.231 e. The van der Waals surface area contributed by atoms with E-state index >= 15 is 0 Å². The van der Waals surface area contributed by atoms with E-state index in [0.29, 0.717) is 18.7 Å². The maximum atomic E-state index is 12.2. The third kappa shape index (κ3) is 2.54. The predicted octanol–water partition coefficient (Wildman–Crippen LogP) is 2.07. The Hall–Kier alpha value is -2.56. The molecule has 1 aliphatic rings. The highest BCUT2D eigenvalue weighted by atomic mass is 16.5. The minimum Gasteiger partial charge on any atom is -0.497 e. The van der Waals surface area contributed by atoms with E-state index in [-0.39, 0.29) is 5.91 Å². The van der Waals surface area contributed by atoms with Crippen LogP contribution in [-0.2, 0) is 17.8 Å². The summed E-state index contributed by atoms with van der Waals surface area (Å²) in [6.07, 6.45) is 0.392. The number of nitrogens with zero attached hydrogens (tertiary/aromatic N) is 2. The lowest BCUT2D eigenvalue weighted by atomic mass is 10.1. The van der Waals surface area contributed by atoms with Crippen molar-refractivity contribution in [1.29, 1.82) is 0 Å². The highest BCUT2D eigenvalue weighted by Gasteiger charge is 2.27. The molecule has 5 heteroatoms. The van der Waals surface area contributed by atoms with Crippen molar-refractivity contribution in [2.24, 2.45) is 0 Å². The first kappa shape index (κ1) is 13.4. The number of nitrogens with two attached hydrogens (primary N) is 1. The van der Waals surface area contributed by atoms with Gasteiger partial charge in [0.25, 0.3) is 0 Å². The van der Waals surface area contributed by atoms with Crippen LogP contribution in [0.1, 0.15) is 17.0 Å². The fourth-order valence-electron chi connectivity index (χ4n) is 2.64. The van der Waals surface area contributed by atoms with Crippen LogP contribution in [0.25, 0.3) is 0 Å². The van der Waals surface area contributed by atoms with Crippen molar-refractivity contribution in [3.8, 4) is 5.75 Å². The molecule has 0 spiro atoms. The zero-order valence-electron chi connectivity index (χ0n) is 12.1. The van der Waals surface area contributed by atoms with E-state index in [1.165, 1.54) is 0 Å². The van der Waals surface area contributed by atoms with E-state index in [9.17, 15) is 4.79 Å². The van der Waals surface area contributed by atoms with Crippen molar-refractivity contribution in [2.45, 2.75) is 19.9 Å². The summed E-state index contributed by atoms with van der Waals surface area (Å²) >= 11 is 0. The van der Waals surface area contributed by atoms with E-state index in [1.54, 1.807) is 12.0 Å². The number of anilines is 2. The second-order valence-corrected chi connectivity index (χ2v) is 5.18. The Morgan fingerprint density at radius 1 is 1.33 bits per heavy atom. The molecule has 2 heterocycles. The van der Waals surface area contributed by atoms with Gasteiger partial charge in [-0.1, -0.05) is 0 Å². The number of methoxy groups -OCH3 is 1. The number of aryl methyl sites for hydroxylation is 1. The minimum absolute atomic E-state index is 0.0675. The van der Waals surface area contributed by atoms with Gasteiger partial charge in [-0.2, -0.15) is 0 Å². The molecule has 1 amide bonds. The van der Waals surface area contributed by atoms with Gasteiger partial charge in [-0.25, -0.2) is 0 Å². The van der Waals surface area contributed by atoms with Crippen molar-refractivity contribution in [2.75, 3.05) is 17.7 Å². The first-order chi connectivity index (χ1) is 10.1. The molecule has 2 aromatic rings. The summed E-state index contributed by atoms with van der Waals surface area (Å²) < 4.78 is 5.25. The molecule has 3 rings (SSSR count).